The highest BCUT2D eigenvalue weighted by molar-refractivity contribution is 5.62. The zero-order chi connectivity index (χ0) is 14.7. The fourth-order valence-corrected chi connectivity index (χ4v) is 1.81. The van der Waals surface area contributed by atoms with E-state index in [4.69, 9.17) is 10.8 Å². The summed E-state index contributed by atoms with van der Waals surface area (Å²) in [4.78, 5) is 27.5. The fraction of sp³-hybridized carbons (Fsp3) is 0.667. The van der Waals surface area contributed by atoms with E-state index in [0.717, 1.165) is 0 Å². The molecule has 0 radical (unpaired) electrons. The highest BCUT2D eigenvalue weighted by atomic mass is 16.3. The molecule has 0 amide bonds. The number of nitrogens with zero attached hydrogens (tertiary/aromatic N) is 2. The minimum Gasteiger partial charge on any atom is -0.394 e. The number of likely N-dealkylation sites (N-methyl/N-ethyl adjacent to an activating group) is 1. The molecule has 1 heterocycles. The van der Waals surface area contributed by atoms with Crippen molar-refractivity contribution in [3.05, 3.63) is 20.8 Å². The van der Waals surface area contributed by atoms with Crippen LogP contribution >= 0.6 is 0 Å². The summed E-state index contributed by atoms with van der Waals surface area (Å²) in [7, 11) is 1.66. The van der Waals surface area contributed by atoms with E-state index >= 15 is 0 Å². The number of H-pyrrole nitrogens is 1. The summed E-state index contributed by atoms with van der Waals surface area (Å²) in [5, 5.41) is 9.15. The molecule has 7 nitrogen and oxygen atoms in total. The molecular weight excluding hydrogens is 248 g/mol. The Labute approximate surface area is 111 Å². The first-order chi connectivity index (χ1) is 8.79. The zero-order valence-electron chi connectivity index (χ0n) is 11.8. The summed E-state index contributed by atoms with van der Waals surface area (Å²) in [6.07, 6.45) is 0. The van der Waals surface area contributed by atoms with Gasteiger partial charge in [0.1, 0.15) is 11.5 Å². The SMILES string of the molecule is CC(C)Cn1c(N)c(N(C)C(C)CO)c(=O)[nH]c1=O. The van der Waals surface area contributed by atoms with Gasteiger partial charge in [0.15, 0.2) is 0 Å². The van der Waals surface area contributed by atoms with Gasteiger partial charge in [-0.1, -0.05) is 13.8 Å². The van der Waals surface area contributed by atoms with E-state index in [9.17, 15) is 9.59 Å². The number of aliphatic hydroxyl groups excluding tert-OH is 1. The second kappa shape index (κ2) is 5.92. The van der Waals surface area contributed by atoms with Crippen molar-refractivity contribution in [2.75, 3.05) is 24.3 Å². The molecule has 0 saturated carbocycles. The second-order valence-electron chi connectivity index (χ2n) is 5.14. The fourth-order valence-electron chi connectivity index (χ4n) is 1.81. The third-order valence-corrected chi connectivity index (χ3v) is 3.04. The molecule has 108 valence electrons. The van der Waals surface area contributed by atoms with Crippen LogP contribution in [0.25, 0.3) is 0 Å². The number of aliphatic hydroxyl groups is 1. The van der Waals surface area contributed by atoms with Gasteiger partial charge in [0.2, 0.25) is 0 Å². The van der Waals surface area contributed by atoms with Crippen LogP contribution in [0.2, 0.25) is 0 Å². The van der Waals surface area contributed by atoms with Crippen LogP contribution in [0, 0.1) is 5.92 Å². The normalized spacial score (nSPS) is 12.7. The third kappa shape index (κ3) is 3.17. The molecule has 7 heteroatoms. The predicted octanol–water partition coefficient (Wildman–Crippen LogP) is -0.408. The Balaban J connectivity index is 3.41. The van der Waals surface area contributed by atoms with Crippen LogP contribution in [-0.2, 0) is 6.54 Å². The smallest absolute Gasteiger partial charge is 0.330 e. The number of nitrogen functional groups attached to an aromatic ring is 1. The molecule has 1 unspecified atom stereocenters. The van der Waals surface area contributed by atoms with Gasteiger partial charge in [-0.2, -0.15) is 0 Å². The number of aromatic nitrogens is 2. The minimum atomic E-state index is -0.537. The lowest BCUT2D eigenvalue weighted by molar-refractivity contribution is 0.270. The number of nitrogens with one attached hydrogen (secondary N) is 1. The summed E-state index contributed by atoms with van der Waals surface area (Å²) in [5.74, 6) is 0.351. The van der Waals surface area contributed by atoms with E-state index in [0.29, 0.717) is 6.54 Å². The summed E-state index contributed by atoms with van der Waals surface area (Å²) in [5.41, 5.74) is 5.11. The molecule has 0 aliphatic rings. The molecule has 0 saturated heterocycles. The lowest BCUT2D eigenvalue weighted by Crippen LogP contribution is -2.41. The lowest BCUT2D eigenvalue weighted by Gasteiger charge is -2.26. The molecule has 19 heavy (non-hydrogen) atoms. The Bertz CT molecular complexity index is 547. The van der Waals surface area contributed by atoms with Crippen molar-refractivity contribution < 1.29 is 5.11 Å². The largest absolute Gasteiger partial charge is 0.394 e. The summed E-state index contributed by atoms with van der Waals surface area (Å²) in [6, 6.07) is -0.270. The molecule has 1 aromatic heterocycles. The Morgan fingerprint density at radius 1 is 1.37 bits per heavy atom. The first-order valence-electron chi connectivity index (χ1n) is 6.25. The number of nitrogens with two attached hydrogens (primary N) is 1. The maximum absolute atomic E-state index is 11.9. The Kier molecular flexibility index (Phi) is 4.77. The number of aromatic amines is 1. The first-order valence-corrected chi connectivity index (χ1v) is 6.25. The van der Waals surface area contributed by atoms with Crippen molar-refractivity contribution in [1.29, 1.82) is 0 Å². The van der Waals surface area contributed by atoms with Crippen LogP contribution in [0.15, 0.2) is 9.59 Å². The Morgan fingerprint density at radius 3 is 2.42 bits per heavy atom. The van der Waals surface area contributed by atoms with Crippen molar-refractivity contribution in [2.24, 2.45) is 5.92 Å². The first kappa shape index (κ1) is 15.3. The average Bonchev–Trinajstić information content (AvgIpc) is 2.32. The van der Waals surface area contributed by atoms with Gasteiger partial charge in [0, 0.05) is 19.6 Å². The predicted molar refractivity (Wildman–Crippen MR) is 75.5 cm³/mol. The molecule has 0 aliphatic heterocycles. The maximum atomic E-state index is 11.9. The molecule has 0 bridgehead atoms. The molecule has 1 rings (SSSR count). The maximum Gasteiger partial charge on any atom is 0.330 e. The lowest BCUT2D eigenvalue weighted by atomic mass is 10.2. The van der Waals surface area contributed by atoms with Crippen LogP contribution in [-0.4, -0.2) is 34.4 Å². The minimum absolute atomic E-state index is 0.112. The Hall–Kier alpha value is -1.76. The molecule has 0 spiro atoms. The summed E-state index contributed by atoms with van der Waals surface area (Å²) >= 11 is 0. The van der Waals surface area contributed by atoms with Crippen molar-refractivity contribution in [3.63, 3.8) is 0 Å². The van der Waals surface area contributed by atoms with Crippen LogP contribution in [0.1, 0.15) is 20.8 Å². The monoisotopic (exact) mass is 270 g/mol. The van der Waals surface area contributed by atoms with E-state index in [-0.39, 0.29) is 30.1 Å². The van der Waals surface area contributed by atoms with E-state index in [1.54, 1.807) is 18.9 Å². The second-order valence-corrected chi connectivity index (χ2v) is 5.14. The molecule has 1 aromatic rings. The van der Waals surface area contributed by atoms with Gasteiger partial charge < -0.3 is 15.7 Å². The summed E-state index contributed by atoms with van der Waals surface area (Å²) < 4.78 is 1.35. The standard InChI is InChI=1S/C12H22N4O3/c1-7(2)5-16-10(13)9(11(18)14-12(16)19)15(4)8(3)6-17/h7-8,17H,5-6,13H2,1-4H3,(H,14,18,19). The topological polar surface area (TPSA) is 104 Å². The van der Waals surface area contributed by atoms with Gasteiger partial charge in [-0.3, -0.25) is 14.3 Å². The third-order valence-electron chi connectivity index (χ3n) is 3.04. The van der Waals surface area contributed by atoms with Gasteiger partial charge in [-0.15, -0.1) is 0 Å². The highest BCUT2D eigenvalue weighted by Crippen LogP contribution is 2.17. The van der Waals surface area contributed by atoms with Crippen molar-refractivity contribution in [3.8, 4) is 0 Å². The van der Waals surface area contributed by atoms with Crippen LogP contribution in [0.4, 0.5) is 11.5 Å². The van der Waals surface area contributed by atoms with Gasteiger partial charge in [0.05, 0.1) is 6.61 Å². The van der Waals surface area contributed by atoms with Crippen molar-refractivity contribution in [1.82, 2.24) is 9.55 Å². The van der Waals surface area contributed by atoms with Gasteiger partial charge in [-0.05, 0) is 12.8 Å². The van der Waals surface area contributed by atoms with Gasteiger partial charge in [0.25, 0.3) is 5.56 Å². The van der Waals surface area contributed by atoms with E-state index in [1.807, 2.05) is 13.8 Å². The number of hydrogen-bond acceptors (Lipinski definition) is 5. The number of hydrogen-bond donors (Lipinski definition) is 3. The number of rotatable bonds is 5. The molecule has 0 aromatic carbocycles. The van der Waals surface area contributed by atoms with E-state index in [2.05, 4.69) is 4.98 Å². The molecule has 4 N–H and O–H groups in total. The van der Waals surface area contributed by atoms with E-state index in [1.165, 1.54) is 4.57 Å². The van der Waals surface area contributed by atoms with Gasteiger partial charge in [-0.25, -0.2) is 4.79 Å². The number of anilines is 2. The molecule has 1 atom stereocenters. The van der Waals surface area contributed by atoms with E-state index < -0.39 is 11.2 Å². The van der Waals surface area contributed by atoms with Crippen LogP contribution in [0.5, 0.6) is 0 Å². The zero-order valence-corrected chi connectivity index (χ0v) is 11.8. The highest BCUT2D eigenvalue weighted by Gasteiger charge is 2.19. The molecule has 0 fully saturated rings. The van der Waals surface area contributed by atoms with Crippen molar-refractivity contribution in [2.45, 2.75) is 33.4 Å². The van der Waals surface area contributed by atoms with Crippen LogP contribution in [0.3, 0.4) is 0 Å². The Morgan fingerprint density at radius 2 is 1.95 bits per heavy atom. The quantitative estimate of drug-likeness (QED) is 0.675. The average molecular weight is 270 g/mol. The summed E-state index contributed by atoms with van der Waals surface area (Å²) in [6.45, 7) is 5.98. The molecule has 0 aliphatic carbocycles. The van der Waals surface area contributed by atoms with Gasteiger partial charge >= 0.3 is 5.69 Å². The van der Waals surface area contributed by atoms with Crippen molar-refractivity contribution >= 4 is 11.5 Å². The van der Waals surface area contributed by atoms with Crippen LogP contribution < -0.4 is 21.9 Å². The molecular formula is C12H22N4O3.